The van der Waals surface area contributed by atoms with Gasteiger partial charge in [0.2, 0.25) is 15.9 Å². The van der Waals surface area contributed by atoms with Gasteiger partial charge in [-0.1, -0.05) is 30.7 Å². The largest absolute Gasteiger partial charge is 0.455 e. The fourth-order valence-electron chi connectivity index (χ4n) is 3.73. The molecule has 2 heterocycles. The lowest BCUT2D eigenvalue weighted by atomic mass is 10.1. The zero-order valence-corrected chi connectivity index (χ0v) is 19.0. The van der Waals surface area contributed by atoms with Gasteiger partial charge in [-0.05, 0) is 56.5 Å². The first-order chi connectivity index (χ1) is 15.4. The third-order valence-corrected chi connectivity index (χ3v) is 7.65. The molecule has 1 aliphatic heterocycles. The van der Waals surface area contributed by atoms with Crippen molar-refractivity contribution in [2.75, 3.05) is 13.1 Å². The minimum Gasteiger partial charge on any atom is -0.455 e. The number of oxazole rings is 1. The van der Waals surface area contributed by atoms with E-state index in [0.29, 0.717) is 36.0 Å². The Hall–Kier alpha value is -2.97. The second-order valence-corrected chi connectivity index (χ2v) is 9.82. The van der Waals surface area contributed by atoms with Crippen molar-refractivity contribution >= 4 is 16.0 Å². The molecule has 1 aromatic heterocycles. The van der Waals surface area contributed by atoms with Gasteiger partial charge in [0.15, 0.2) is 0 Å². The average molecular weight is 455 g/mol. The van der Waals surface area contributed by atoms with E-state index in [4.69, 9.17) is 9.15 Å². The molecule has 0 N–H and O–H groups in total. The van der Waals surface area contributed by atoms with Crippen molar-refractivity contribution in [2.24, 2.45) is 0 Å². The van der Waals surface area contributed by atoms with Gasteiger partial charge in [0.25, 0.3) is 0 Å². The Morgan fingerprint density at radius 1 is 1.06 bits per heavy atom. The zero-order valence-electron chi connectivity index (χ0n) is 18.2. The number of ether oxygens (including phenoxy) is 1. The van der Waals surface area contributed by atoms with E-state index in [9.17, 15) is 13.2 Å². The fourth-order valence-corrected chi connectivity index (χ4v) is 5.50. The van der Waals surface area contributed by atoms with Crippen LogP contribution in [0.3, 0.4) is 0 Å². The summed E-state index contributed by atoms with van der Waals surface area (Å²) >= 11 is 0. The summed E-state index contributed by atoms with van der Waals surface area (Å²) < 4.78 is 38.8. The van der Waals surface area contributed by atoms with Crippen molar-refractivity contribution in [3.63, 3.8) is 0 Å². The van der Waals surface area contributed by atoms with E-state index in [2.05, 4.69) is 4.98 Å². The van der Waals surface area contributed by atoms with Crippen LogP contribution >= 0.6 is 0 Å². The minimum absolute atomic E-state index is 0.0664. The molecular weight excluding hydrogens is 428 g/mol. The van der Waals surface area contributed by atoms with Gasteiger partial charge in [0.1, 0.15) is 18.1 Å². The van der Waals surface area contributed by atoms with Gasteiger partial charge in [-0.2, -0.15) is 4.31 Å². The van der Waals surface area contributed by atoms with Crippen LogP contribution in [-0.4, -0.2) is 36.8 Å². The van der Waals surface area contributed by atoms with E-state index in [1.165, 1.54) is 10.4 Å². The first-order valence-corrected chi connectivity index (χ1v) is 12.1. The standard InChI is InChI=1S/C24H26N2O5S/c1-17-11-12-20(15-22(17)32(28,29)26-13-7-4-8-14-26)24(27)30-16-21-18(2)31-23(25-21)19-9-5-3-6-10-19/h3,5-6,9-12,15H,4,7-8,13-14,16H2,1-2H3. The van der Waals surface area contributed by atoms with Gasteiger partial charge in [0.05, 0.1) is 10.5 Å². The van der Waals surface area contributed by atoms with Crippen molar-refractivity contribution in [2.45, 2.75) is 44.6 Å². The number of hydrogen-bond donors (Lipinski definition) is 0. The van der Waals surface area contributed by atoms with Gasteiger partial charge in [0, 0.05) is 18.7 Å². The van der Waals surface area contributed by atoms with Crippen molar-refractivity contribution in [3.05, 3.63) is 71.1 Å². The summed E-state index contributed by atoms with van der Waals surface area (Å²) in [6, 6.07) is 14.1. The summed E-state index contributed by atoms with van der Waals surface area (Å²) in [5, 5.41) is 0. The monoisotopic (exact) mass is 454 g/mol. The van der Waals surface area contributed by atoms with Crippen LogP contribution in [0.2, 0.25) is 0 Å². The molecule has 0 unspecified atom stereocenters. The van der Waals surface area contributed by atoms with E-state index < -0.39 is 16.0 Å². The van der Waals surface area contributed by atoms with Crippen LogP contribution in [-0.2, 0) is 21.4 Å². The minimum atomic E-state index is -3.65. The molecule has 32 heavy (non-hydrogen) atoms. The first kappa shape index (κ1) is 22.2. The van der Waals surface area contributed by atoms with Gasteiger partial charge in [-0.3, -0.25) is 0 Å². The Morgan fingerprint density at radius 2 is 1.78 bits per heavy atom. The Morgan fingerprint density at radius 3 is 2.50 bits per heavy atom. The van der Waals surface area contributed by atoms with E-state index >= 15 is 0 Å². The molecule has 0 radical (unpaired) electrons. The highest BCUT2D eigenvalue weighted by atomic mass is 32.2. The van der Waals surface area contributed by atoms with Gasteiger partial charge in [-0.25, -0.2) is 18.2 Å². The second-order valence-electron chi connectivity index (χ2n) is 7.91. The van der Waals surface area contributed by atoms with Crippen LogP contribution in [0, 0.1) is 13.8 Å². The molecule has 3 aromatic rings. The molecular formula is C24H26N2O5S. The molecule has 0 saturated carbocycles. The SMILES string of the molecule is Cc1ccc(C(=O)OCc2nc(-c3ccccc3)oc2C)cc1S(=O)(=O)N1CCCCC1. The Bertz CT molecular complexity index is 1210. The predicted molar refractivity (Wildman–Crippen MR) is 120 cm³/mol. The molecule has 0 aliphatic carbocycles. The van der Waals surface area contributed by atoms with Gasteiger partial charge >= 0.3 is 5.97 Å². The molecule has 2 aromatic carbocycles. The van der Waals surface area contributed by atoms with E-state index in [1.807, 2.05) is 30.3 Å². The predicted octanol–water partition coefficient (Wildman–Crippen LogP) is 4.49. The van der Waals surface area contributed by atoms with Crippen LogP contribution in [0.25, 0.3) is 11.5 Å². The molecule has 8 heteroatoms. The van der Waals surface area contributed by atoms with Crippen molar-refractivity contribution in [3.8, 4) is 11.5 Å². The summed E-state index contributed by atoms with van der Waals surface area (Å²) in [5.74, 6) is 0.414. The lowest BCUT2D eigenvalue weighted by molar-refractivity contribution is 0.0466. The summed E-state index contributed by atoms with van der Waals surface area (Å²) in [6.45, 7) is 4.44. The van der Waals surface area contributed by atoms with Crippen LogP contribution < -0.4 is 0 Å². The number of nitrogens with zero attached hydrogens (tertiary/aromatic N) is 2. The Labute approximate surface area is 188 Å². The number of aromatic nitrogens is 1. The maximum Gasteiger partial charge on any atom is 0.338 e. The zero-order chi connectivity index (χ0) is 22.7. The van der Waals surface area contributed by atoms with Crippen molar-refractivity contribution in [1.82, 2.24) is 9.29 Å². The number of carbonyl (C=O) groups is 1. The Balaban J connectivity index is 1.50. The first-order valence-electron chi connectivity index (χ1n) is 10.7. The van der Waals surface area contributed by atoms with Crippen LogP contribution in [0.15, 0.2) is 57.8 Å². The third kappa shape index (κ3) is 4.61. The Kier molecular flexibility index (Phi) is 6.43. The molecule has 168 valence electrons. The summed E-state index contributed by atoms with van der Waals surface area (Å²) in [7, 11) is -3.65. The second kappa shape index (κ2) is 9.26. The molecule has 1 fully saturated rings. The fraction of sp³-hybridized carbons (Fsp3) is 0.333. The van der Waals surface area contributed by atoms with E-state index in [0.717, 1.165) is 24.8 Å². The maximum absolute atomic E-state index is 13.1. The van der Waals surface area contributed by atoms with Crippen molar-refractivity contribution in [1.29, 1.82) is 0 Å². The number of sulfonamides is 1. The highest BCUT2D eigenvalue weighted by Gasteiger charge is 2.28. The molecule has 1 saturated heterocycles. The topological polar surface area (TPSA) is 89.7 Å². The van der Waals surface area contributed by atoms with Crippen LogP contribution in [0.4, 0.5) is 0 Å². The molecule has 1 aliphatic rings. The normalized spacial score (nSPS) is 14.9. The van der Waals surface area contributed by atoms with Crippen molar-refractivity contribution < 1.29 is 22.4 Å². The number of hydrogen-bond acceptors (Lipinski definition) is 6. The van der Waals surface area contributed by atoms with E-state index in [1.54, 1.807) is 26.0 Å². The lowest BCUT2D eigenvalue weighted by Gasteiger charge is -2.26. The third-order valence-electron chi connectivity index (χ3n) is 5.61. The number of carbonyl (C=O) groups excluding carboxylic acids is 1. The molecule has 4 rings (SSSR count). The summed E-state index contributed by atoms with van der Waals surface area (Å²) in [6.07, 6.45) is 2.73. The van der Waals surface area contributed by atoms with E-state index in [-0.39, 0.29) is 17.1 Å². The summed E-state index contributed by atoms with van der Waals surface area (Å²) in [5.41, 5.74) is 2.15. The number of piperidine rings is 1. The number of esters is 1. The van der Waals surface area contributed by atoms with Gasteiger partial charge < -0.3 is 9.15 Å². The number of benzene rings is 2. The number of rotatable bonds is 6. The quantitative estimate of drug-likeness (QED) is 0.510. The summed E-state index contributed by atoms with van der Waals surface area (Å²) in [4.78, 5) is 17.3. The molecule has 7 nitrogen and oxygen atoms in total. The molecule has 0 atom stereocenters. The van der Waals surface area contributed by atoms with Gasteiger partial charge in [-0.15, -0.1) is 0 Å². The highest BCUT2D eigenvalue weighted by Crippen LogP contribution is 2.25. The average Bonchev–Trinajstić information content (AvgIpc) is 3.19. The molecule has 0 bridgehead atoms. The maximum atomic E-state index is 13.1. The van der Waals surface area contributed by atoms with Crippen LogP contribution in [0.5, 0.6) is 0 Å². The van der Waals surface area contributed by atoms with Crippen LogP contribution in [0.1, 0.15) is 46.6 Å². The smallest absolute Gasteiger partial charge is 0.338 e. The molecule has 0 spiro atoms. The highest BCUT2D eigenvalue weighted by molar-refractivity contribution is 7.89. The lowest BCUT2D eigenvalue weighted by Crippen LogP contribution is -2.36. The number of aryl methyl sites for hydroxylation is 2. The molecule has 0 amide bonds.